The van der Waals surface area contributed by atoms with Gasteiger partial charge in [-0.25, -0.2) is 0 Å². The summed E-state index contributed by atoms with van der Waals surface area (Å²) >= 11 is 0. The molecule has 0 unspecified atom stereocenters. The third kappa shape index (κ3) is 2.74. The molecule has 0 bridgehead atoms. The quantitative estimate of drug-likeness (QED) is 0.830. The Morgan fingerprint density at radius 3 is 2.35 bits per heavy atom. The van der Waals surface area contributed by atoms with Crippen LogP contribution < -0.4 is 16.4 Å². The van der Waals surface area contributed by atoms with Crippen LogP contribution >= 0.6 is 0 Å². The Kier molecular flexibility index (Phi) is 4.21. The first-order chi connectivity index (χ1) is 9.51. The minimum atomic E-state index is -0.407. The van der Waals surface area contributed by atoms with Gasteiger partial charge in [0, 0.05) is 24.5 Å². The number of benzene rings is 1. The van der Waals surface area contributed by atoms with Crippen molar-refractivity contribution in [1.29, 1.82) is 0 Å². The highest BCUT2D eigenvalue weighted by Crippen LogP contribution is 2.39. The van der Waals surface area contributed by atoms with Crippen LogP contribution in [0.15, 0.2) is 18.2 Å². The molecule has 0 saturated carbocycles. The summed E-state index contributed by atoms with van der Waals surface area (Å²) in [7, 11) is 0. The zero-order chi connectivity index (χ0) is 14.8. The highest BCUT2D eigenvalue weighted by Gasteiger charge is 2.32. The summed E-state index contributed by atoms with van der Waals surface area (Å²) in [4.78, 5) is 13.9. The molecule has 2 rings (SSSR count). The van der Waals surface area contributed by atoms with Crippen molar-refractivity contribution in [3.63, 3.8) is 0 Å². The molecule has 4 N–H and O–H groups in total. The molecule has 1 aromatic rings. The number of amides is 1. The van der Waals surface area contributed by atoms with Crippen molar-refractivity contribution in [3.8, 4) is 0 Å². The molecule has 0 atom stereocenters. The monoisotopic (exact) mass is 275 g/mol. The van der Waals surface area contributed by atoms with Crippen molar-refractivity contribution in [3.05, 3.63) is 23.8 Å². The number of nitrogen functional groups attached to an aromatic ring is 1. The van der Waals surface area contributed by atoms with Crippen LogP contribution in [-0.4, -0.2) is 19.0 Å². The van der Waals surface area contributed by atoms with Gasteiger partial charge in [-0.2, -0.15) is 0 Å². The lowest BCUT2D eigenvalue weighted by Gasteiger charge is -2.42. The molecule has 110 valence electrons. The largest absolute Gasteiger partial charge is 0.399 e. The second-order valence-electron chi connectivity index (χ2n) is 5.83. The number of hydrogen-bond acceptors (Lipinski definition) is 3. The summed E-state index contributed by atoms with van der Waals surface area (Å²) in [6.07, 6.45) is 4.79. The predicted octanol–water partition coefficient (Wildman–Crippen LogP) is 2.77. The van der Waals surface area contributed by atoms with Crippen LogP contribution in [0.1, 0.15) is 49.9 Å². The molecule has 0 aromatic heterocycles. The van der Waals surface area contributed by atoms with E-state index in [0.717, 1.165) is 18.8 Å². The summed E-state index contributed by atoms with van der Waals surface area (Å²) in [6.45, 7) is 6.51. The van der Waals surface area contributed by atoms with Gasteiger partial charge in [0.05, 0.1) is 5.56 Å². The third-order valence-corrected chi connectivity index (χ3v) is 4.95. The fourth-order valence-corrected chi connectivity index (χ4v) is 3.21. The van der Waals surface area contributed by atoms with Crippen LogP contribution in [0.2, 0.25) is 0 Å². The number of rotatable bonds is 4. The number of primary amides is 1. The molecule has 0 aliphatic carbocycles. The molecule has 4 nitrogen and oxygen atoms in total. The molecule has 0 spiro atoms. The van der Waals surface area contributed by atoms with E-state index in [0.29, 0.717) is 16.7 Å². The Morgan fingerprint density at radius 2 is 1.85 bits per heavy atom. The topological polar surface area (TPSA) is 72.3 Å². The van der Waals surface area contributed by atoms with Gasteiger partial charge in [-0.05, 0) is 36.5 Å². The second-order valence-corrected chi connectivity index (χ2v) is 5.83. The van der Waals surface area contributed by atoms with Gasteiger partial charge in [0.25, 0.3) is 5.91 Å². The van der Waals surface area contributed by atoms with Crippen LogP contribution in [0.4, 0.5) is 11.4 Å². The van der Waals surface area contributed by atoms with E-state index in [1.165, 1.54) is 25.7 Å². The van der Waals surface area contributed by atoms with E-state index < -0.39 is 5.91 Å². The molecular weight excluding hydrogens is 250 g/mol. The Bertz CT molecular complexity index is 484. The zero-order valence-corrected chi connectivity index (χ0v) is 12.5. The Balaban J connectivity index is 2.21. The molecule has 1 aliphatic rings. The van der Waals surface area contributed by atoms with E-state index in [-0.39, 0.29) is 0 Å². The van der Waals surface area contributed by atoms with E-state index in [2.05, 4.69) is 18.7 Å². The normalized spacial score (nSPS) is 18.0. The third-order valence-electron chi connectivity index (χ3n) is 4.95. The molecule has 0 radical (unpaired) electrons. The van der Waals surface area contributed by atoms with Crippen LogP contribution in [0.5, 0.6) is 0 Å². The summed E-state index contributed by atoms with van der Waals surface area (Å²) in [5.41, 5.74) is 13.7. The van der Waals surface area contributed by atoms with Crippen LogP contribution in [-0.2, 0) is 0 Å². The standard InChI is InChI=1S/C16H25N3O/c1-3-16(4-2)7-9-19(10-8-16)14-6-5-12(17)11-13(14)15(18)20/h5-6,11H,3-4,7-10,17H2,1-2H3,(H2,18,20). The molecule has 1 aromatic carbocycles. The average Bonchev–Trinajstić information content (AvgIpc) is 2.47. The second kappa shape index (κ2) is 5.73. The highest BCUT2D eigenvalue weighted by atomic mass is 16.1. The first kappa shape index (κ1) is 14.7. The summed E-state index contributed by atoms with van der Waals surface area (Å²) in [6, 6.07) is 5.43. The van der Waals surface area contributed by atoms with Crippen LogP contribution in [0.25, 0.3) is 0 Å². The average molecular weight is 275 g/mol. The first-order valence-electron chi connectivity index (χ1n) is 7.45. The number of hydrogen-bond donors (Lipinski definition) is 2. The van der Waals surface area contributed by atoms with Gasteiger partial charge < -0.3 is 16.4 Å². The maximum Gasteiger partial charge on any atom is 0.250 e. The van der Waals surface area contributed by atoms with Crippen LogP contribution in [0.3, 0.4) is 0 Å². The predicted molar refractivity (Wildman–Crippen MR) is 83.8 cm³/mol. The van der Waals surface area contributed by atoms with Crippen LogP contribution in [0, 0.1) is 5.41 Å². The molecular formula is C16H25N3O. The molecule has 1 fully saturated rings. The lowest BCUT2D eigenvalue weighted by molar-refractivity contribution is 0.100. The molecule has 1 amide bonds. The number of carbonyl (C=O) groups excluding carboxylic acids is 1. The summed E-state index contributed by atoms with van der Waals surface area (Å²) < 4.78 is 0. The number of carbonyl (C=O) groups is 1. The smallest absolute Gasteiger partial charge is 0.250 e. The molecule has 4 heteroatoms. The molecule has 1 aliphatic heterocycles. The Hall–Kier alpha value is -1.71. The van der Waals surface area contributed by atoms with Crippen molar-refractivity contribution >= 4 is 17.3 Å². The van der Waals surface area contributed by atoms with Gasteiger partial charge in [-0.3, -0.25) is 4.79 Å². The maximum absolute atomic E-state index is 11.6. The molecule has 20 heavy (non-hydrogen) atoms. The van der Waals surface area contributed by atoms with Gasteiger partial charge in [0.15, 0.2) is 0 Å². The summed E-state index contributed by atoms with van der Waals surface area (Å²) in [5, 5.41) is 0. The van der Waals surface area contributed by atoms with Crippen molar-refractivity contribution < 1.29 is 4.79 Å². The van der Waals surface area contributed by atoms with Crippen molar-refractivity contribution in [2.45, 2.75) is 39.5 Å². The molecule has 1 heterocycles. The summed E-state index contributed by atoms with van der Waals surface area (Å²) in [5.74, 6) is -0.407. The van der Waals surface area contributed by atoms with Gasteiger partial charge in [-0.1, -0.05) is 26.7 Å². The lowest BCUT2D eigenvalue weighted by atomic mass is 9.74. The van der Waals surface area contributed by atoms with E-state index >= 15 is 0 Å². The minimum absolute atomic E-state index is 0.407. The SMILES string of the molecule is CCC1(CC)CCN(c2ccc(N)cc2C(N)=O)CC1. The van der Waals surface area contributed by atoms with Gasteiger partial charge in [-0.15, -0.1) is 0 Å². The van der Waals surface area contributed by atoms with E-state index in [4.69, 9.17) is 11.5 Å². The Labute approximate surface area is 121 Å². The Morgan fingerprint density at radius 1 is 1.25 bits per heavy atom. The van der Waals surface area contributed by atoms with Gasteiger partial charge in [0.2, 0.25) is 0 Å². The van der Waals surface area contributed by atoms with E-state index in [1.807, 2.05) is 12.1 Å². The lowest BCUT2D eigenvalue weighted by Crippen LogP contribution is -2.40. The van der Waals surface area contributed by atoms with Crippen molar-refractivity contribution in [1.82, 2.24) is 0 Å². The van der Waals surface area contributed by atoms with Gasteiger partial charge in [0.1, 0.15) is 0 Å². The minimum Gasteiger partial charge on any atom is -0.399 e. The van der Waals surface area contributed by atoms with E-state index in [1.54, 1.807) is 6.07 Å². The molecule has 1 saturated heterocycles. The fourth-order valence-electron chi connectivity index (χ4n) is 3.21. The highest BCUT2D eigenvalue weighted by molar-refractivity contribution is 5.99. The maximum atomic E-state index is 11.6. The van der Waals surface area contributed by atoms with Crippen molar-refractivity contribution in [2.24, 2.45) is 11.1 Å². The number of piperidine rings is 1. The van der Waals surface area contributed by atoms with Crippen molar-refractivity contribution in [2.75, 3.05) is 23.7 Å². The number of nitrogens with two attached hydrogens (primary N) is 2. The van der Waals surface area contributed by atoms with Gasteiger partial charge >= 0.3 is 0 Å². The zero-order valence-electron chi connectivity index (χ0n) is 12.5. The number of anilines is 2. The fraction of sp³-hybridized carbons (Fsp3) is 0.562. The van der Waals surface area contributed by atoms with E-state index in [9.17, 15) is 4.79 Å². The number of nitrogens with zero attached hydrogens (tertiary/aromatic N) is 1. The first-order valence-corrected chi connectivity index (χ1v) is 7.45.